The van der Waals surface area contributed by atoms with E-state index < -0.39 is 0 Å². The first-order valence-electron chi connectivity index (χ1n) is 6.84. The molecule has 0 aliphatic heterocycles. The van der Waals surface area contributed by atoms with Crippen molar-refractivity contribution in [3.05, 3.63) is 52.1 Å². The molecule has 1 aromatic carbocycles. The van der Waals surface area contributed by atoms with Crippen molar-refractivity contribution in [1.82, 2.24) is 10.3 Å². The zero-order chi connectivity index (χ0) is 15.2. The summed E-state index contributed by atoms with van der Waals surface area (Å²) in [6, 6.07) is 9.60. The zero-order valence-electron chi connectivity index (χ0n) is 12.1. The molecule has 112 valence electrons. The van der Waals surface area contributed by atoms with E-state index in [0.717, 1.165) is 28.0 Å². The van der Waals surface area contributed by atoms with Crippen molar-refractivity contribution in [2.45, 2.75) is 30.3 Å². The molecule has 0 saturated carbocycles. The van der Waals surface area contributed by atoms with Crippen LogP contribution in [-0.2, 0) is 6.54 Å². The average molecular weight is 341 g/mol. The van der Waals surface area contributed by atoms with E-state index in [1.807, 2.05) is 24.3 Å². The summed E-state index contributed by atoms with van der Waals surface area (Å²) in [5, 5.41) is 5.62. The third-order valence-electron chi connectivity index (χ3n) is 2.83. The second-order valence-corrected chi connectivity index (χ2v) is 7.04. The molecular weight excluding hydrogens is 323 g/mol. The number of pyridine rings is 1. The lowest BCUT2D eigenvalue weighted by Gasteiger charge is -2.12. The first kappa shape index (κ1) is 16.6. The standard InChI is InChI=1S/C16H18Cl2N2S/c1-11(2)9-19-10-12-5-6-13(17)8-15(12)21-16-14(18)4-3-7-20-16/h3-8,11,19H,9-10H2,1-2H3. The fraction of sp³-hybridized carbons (Fsp3) is 0.312. The molecule has 2 aromatic rings. The maximum atomic E-state index is 6.18. The van der Waals surface area contributed by atoms with Crippen LogP contribution in [0.5, 0.6) is 0 Å². The van der Waals surface area contributed by atoms with E-state index in [1.165, 1.54) is 5.56 Å². The second kappa shape index (κ2) is 8.04. The summed E-state index contributed by atoms with van der Waals surface area (Å²) in [7, 11) is 0. The number of hydrogen-bond donors (Lipinski definition) is 1. The van der Waals surface area contributed by atoms with Crippen molar-refractivity contribution in [2.24, 2.45) is 5.92 Å². The van der Waals surface area contributed by atoms with Gasteiger partial charge in [-0.1, -0.05) is 54.9 Å². The molecule has 2 rings (SSSR count). The van der Waals surface area contributed by atoms with Crippen LogP contribution in [-0.4, -0.2) is 11.5 Å². The molecule has 0 fully saturated rings. The Bertz CT molecular complexity index is 603. The molecule has 0 unspecified atom stereocenters. The van der Waals surface area contributed by atoms with Gasteiger partial charge in [-0.05, 0) is 42.3 Å². The summed E-state index contributed by atoms with van der Waals surface area (Å²) in [4.78, 5) is 5.40. The van der Waals surface area contributed by atoms with Crippen molar-refractivity contribution < 1.29 is 0 Å². The number of nitrogens with zero attached hydrogens (tertiary/aromatic N) is 1. The average Bonchev–Trinajstić information content (AvgIpc) is 2.43. The first-order valence-corrected chi connectivity index (χ1v) is 8.41. The Morgan fingerprint density at radius 1 is 1.24 bits per heavy atom. The lowest BCUT2D eigenvalue weighted by molar-refractivity contribution is 0.550. The van der Waals surface area contributed by atoms with Crippen molar-refractivity contribution in [3.8, 4) is 0 Å². The third-order valence-corrected chi connectivity index (χ3v) is 4.60. The third kappa shape index (κ3) is 5.19. The summed E-state index contributed by atoms with van der Waals surface area (Å²) >= 11 is 13.8. The number of benzene rings is 1. The summed E-state index contributed by atoms with van der Waals surface area (Å²) in [5.74, 6) is 0.624. The van der Waals surface area contributed by atoms with Crippen LogP contribution in [0.25, 0.3) is 0 Å². The Hall–Kier alpha value is -0.740. The molecule has 0 amide bonds. The normalized spacial score (nSPS) is 11.1. The van der Waals surface area contributed by atoms with Gasteiger partial charge in [0.2, 0.25) is 0 Å². The fourth-order valence-corrected chi connectivity index (χ4v) is 3.23. The molecular formula is C16H18Cl2N2S. The van der Waals surface area contributed by atoms with Gasteiger partial charge in [0.1, 0.15) is 5.03 Å². The van der Waals surface area contributed by atoms with E-state index in [-0.39, 0.29) is 0 Å². The van der Waals surface area contributed by atoms with Gasteiger partial charge in [0.25, 0.3) is 0 Å². The predicted octanol–water partition coefficient (Wildman–Crippen LogP) is 5.29. The summed E-state index contributed by atoms with van der Waals surface area (Å²) < 4.78 is 0. The van der Waals surface area contributed by atoms with Gasteiger partial charge < -0.3 is 5.32 Å². The van der Waals surface area contributed by atoms with Crippen molar-refractivity contribution in [2.75, 3.05) is 6.54 Å². The van der Waals surface area contributed by atoms with E-state index in [2.05, 4.69) is 30.2 Å². The van der Waals surface area contributed by atoms with Crippen LogP contribution in [0.2, 0.25) is 10.0 Å². The summed E-state index contributed by atoms with van der Waals surface area (Å²) in [6.07, 6.45) is 1.75. The number of nitrogens with one attached hydrogen (secondary N) is 1. The second-order valence-electron chi connectivity index (χ2n) is 5.17. The van der Waals surface area contributed by atoms with Crippen molar-refractivity contribution >= 4 is 35.0 Å². The molecule has 2 nitrogen and oxygen atoms in total. The molecule has 1 N–H and O–H groups in total. The van der Waals surface area contributed by atoms with E-state index >= 15 is 0 Å². The van der Waals surface area contributed by atoms with Crippen LogP contribution in [0.3, 0.4) is 0 Å². The fourth-order valence-electron chi connectivity index (χ4n) is 1.82. The Labute approximate surface area is 140 Å². The van der Waals surface area contributed by atoms with Crippen LogP contribution in [0.15, 0.2) is 46.5 Å². The Morgan fingerprint density at radius 2 is 2.05 bits per heavy atom. The van der Waals surface area contributed by atoms with Gasteiger partial charge in [-0.15, -0.1) is 0 Å². The van der Waals surface area contributed by atoms with Gasteiger partial charge in [0, 0.05) is 22.7 Å². The van der Waals surface area contributed by atoms with Gasteiger partial charge in [0.05, 0.1) is 5.02 Å². The van der Waals surface area contributed by atoms with Gasteiger partial charge >= 0.3 is 0 Å². The highest BCUT2D eigenvalue weighted by atomic mass is 35.5. The van der Waals surface area contributed by atoms with Crippen LogP contribution < -0.4 is 5.32 Å². The quantitative estimate of drug-likeness (QED) is 0.773. The summed E-state index contributed by atoms with van der Waals surface area (Å²) in [6.45, 7) is 6.18. The number of rotatable bonds is 6. The minimum Gasteiger partial charge on any atom is -0.312 e. The maximum absolute atomic E-state index is 6.18. The maximum Gasteiger partial charge on any atom is 0.119 e. The van der Waals surface area contributed by atoms with Crippen LogP contribution in [0.4, 0.5) is 0 Å². The van der Waals surface area contributed by atoms with Gasteiger partial charge in [-0.25, -0.2) is 4.98 Å². The largest absolute Gasteiger partial charge is 0.312 e. The molecule has 0 aliphatic carbocycles. The topological polar surface area (TPSA) is 24.9 Å². The molecule has 21 heavy (non-hydrogen) atoms. The minimum absolute atomic E-state index is 0.624. The van der Waals surface area contributed by atoms with E-state index in [4.69, 9.17) is 23.2 Å². The van der Waals surface area contributed by atoms with E-state index in [1.54, 1.807) is 18.0 Å². The molecule has 0 spiro atoms. The summed E-state index contributed by atoms with van der Waals surface area (Å²) in [5.41, 5.74) is 1.20. The first-order chi connectivity index (χ1) is 10.1. The number of aromatic nitrogens is 1. The Balaban J connectivity index is 2.17. The van der Waals surface area contributed by atoms with E-state index in [9.17, 15) is 0 Å². The smallest absolute Gasteiger partial charge is 0.119 e. The molecule has 5 heteroatoms. The highest BCUT2D eigenvalue weighted by molar-refractivity contribution is 7.99. The molecule has 0 aliphatic rings. The molecule has 0 radical (unpaired) electrons. The van der Waals surface area contributed by atoms with Crippen molar-refractivity contribution in [1.29, 1.82) is 0 Å². The van der Waals surface area contributed by atoms with Gasteiger partial charge in [-0.2, -0.15) is 0 Å². The van der Waals surface area contributed by atoms with Crippen LogP contribution in [0.1, 0.15) is 19.4 Å². The van der Waals surface area contributed by atoms with Crippen molar-refractivity contribution in [3.63, 3.8) is 0 Å². The molecule has 0 saturated heterocycles. The van der Waals surface area contributed by atoms with Gasteiger partial charge in [0.15, 0.2) is 0 Å². The number of halogens is 2. The SMILES string of the molecule is CC(C)CNCc1ccc(Cl)cc1Sc1ncccc1Cl. The molecule has 0 bridgehead atoms. The van der Waals surface area contributed by atoms with Crippen LogP contribution >= 0.6 is 35.0 Å². The Kier molecular flexibility index (Phi) is 6.37. The number of hydrogen-bond acceptors (Lipinski definition) is 3. The van der Waals surface area contributed by atoms with E-state index in [0.29, 0.717) is 10.9 Å². The zero-order valence-corrected chi connectivity index (χ0v) is 14.4. The molecule has 0 atom stereocenters. The lowest BCUT2D eigenvalue weighted by Crippen LogP contribution is -2.19. The highest BCUT2D eigenvalue weighted by Crippen LogP contribution is 2.34. The highest BCUT2D eigenvalue weighted by Gasteiger charge is 2.09. The monoisotopic (exact) mass is 340 g/mol. The molecule has 1 heterocycles. The Morgan fingerprint density at radius 3 is 2.76 bits per heavy atom. The predicted molar refractivity (Wildman–Crippen MR) is 91.4 cm³/mol. The van der Waals surface area contributed by atoms with Crippen LogP contribution in [0, 0.1) is 5.92 Å². The molecule has 1 aromatic heterocycles. The minimum atomic E-state index is 0.624. The van der Waals surface area contributed by atoms with Gasteiger partial charge in [-0.3, -0.25) is 0 Å². The lowest BCUT2D eigenvalue weighted by atomic mass is 10.2.